The average Bonchev–Trinajstić information content (AvgIpc) is 3.17. The van der Waals surface area contributed by atoms with Gasteiger partial charge in [-0.2, -0.15) is 0 Å². The molecule has 1 aliphatic heterocycles. The highest BCUT2D eigenvalue weighted by Crippen LogP contribution is 2.36. The van der Waals surface area contributed by atoms with Crippen LogP contribution in [0, 0.1) is 5.92 Å². The number of amides is 2. The zero-order valence-electron chi connectivity index (χ0n) is 11.3. The van der Waals surface area contributed by atoms with Crippen molar-refractivity contribution in [2.75, 3.05) is 19.6 Å². The quantitative estimate of drug-likeness (QED) is 0.732. The van der Waals surface area contributed by atoms with E-state index in [4.69, 9.17) is 9.84 Å². The number of carbonyl (C=O) groups excluding carboxylic acids is 1. The largest absolute Gasteiger partial charge is 0.481 e. The Hall–Kier alpha value is -1.30. The molecule has 19 heavy (non-hydrogen) atoms. The second-order valence-corrected chi connectivity index (χ2v) is 5.46. The Kier molecular flexibility index (Phi) is 4.63. The molecule has 0 aromatic rings. The monoisotopic (exact) mass is 270 g/mol. The summed E-state index contributed by atoms with van der Waals surface area (Å²) in [5, 5.41) is 11.3. The van der Waals surface area contributed by atoms with Crippen molar-refractivity contribution < 1.29 is 19.4 Å². The molecule has 0 radical (unpaired) electrons. The first-order valence-corrected chi connectivity index (χ1v) is 6.96. The number of nitrogens with zero attached hydrogens (tertiary/aromatic N) is 1. The molecule has 6 nitrogen and oxygen atoms in total. The topological polar surface area (TPSA) is 78.9 Å². The van der Waals surface area contributed by atoms with E-state index in [0.717, 1.165) is 0 Å². The molecule has 2 N–H and O–H groups in total. The van der Waals surface area contributed by atoms with Crippen LogP contribution in [0.1, 0.15) is 32.6 Å². The molecule has 1 saturated carbocycles. The second kappa shape index (κ2) is 6.23. The van der Waals surface area contributed by atoms with Crippen LogP contribution in [0.4, 0.5) is 4.79 Å². The van der Waals surface area contributed by atoms with E-state index in [1.165, 1.54) is 12.8 Å². The van der Waals surface area contributed by atoms with Gasteiger partial charge in [0.1, 0.15) is 0 Å². The summed E-state index contributed by atoms with van der Waals surface area (Å²) in [6.45, 7) is 3.65. The summed E-state index contributed by atoms with van der Waals surface area (Å²) < 4.78 is 5.85. The third-order valence-electron chi connectivity index (χ3n) is 3.56. The minimum atomic E-state index is -0.831. The van der Waals surface area contributed by atoms with Crippen molar-refractivity contribution in [3.63, 3.8) is 0 Å². The van der Waals surface area contributed by atoms with E-state index in [1.807, 2.05) is 6.92 Å². The molecule has 0 aromatic carbocycles. The molecule has 0 spiro atoms. The predicted octanol–water partition coefficient (Wildman–Crippen LogP) is 1.06. The van der Waals surface area contributed by atoms with Crippen LogP contribution in [0.25, 0.3) is 0 Å². The van der Waals surface area contributed by atoms with Crippen LogP contribution in [0.15, 0.2) is 0 Å². The van der Waals surface area contributed by atoms with Gasteiger partial charge >= 0.3 is 12.0 Å². The lowest BCUT2D eigenvalue weighted by atomic mass is 10.1. The van der Waals surface area contributed by atoms with Gasteiger partial charge in [-0.05, 0) is 32.1 Å². The molecule has 0 aromatic heterocycles. The van der Waals surface area contributed by atoms with Crippen LogP contribution in [-0.2, 0) is 9.53 Å². The van der Waals surface area contributed by atoms with Crippen LogP contribution in [0.2, 0.25) is 0 Å². The molecule has 2 aliphatic rings. The summed E-state index contributed by atoms with van der Waals surface area (Å²) >= 11 is 0. The maximum atomic E-state index is 12.0. The van der Waals surface area contributed by atoms with Gasteiger partial charge in [-0.25, -0.2) is 4.79 Å². The maximum absolute atomic E-state index is 12.0. The fraction of sp³-hybridized carbons (Fsp3) is 0.846. The van der Waals surface area contributed by atoms with Crippen molar-refractivity contribution in [1.29, 1.82) is 0 Å². The third-order valence-corrected chi connectivity index (χ3v) is 3.56. The summed E-state index contributed by atoms with van der Waals surface area (Å²) in [6, 6.07) is -0.105. The Morgan fingerprint density at radius 1 is 1.37 bits per heavy atom. The van der Waals surface area contributed by atoms with Crippen molar-refractivity contribution >= 4 is 12.0 Å². The molecule has 2 atom stereocenters. The molecule has 1 saturated heterocycles. The zero-order chi connectivity index (χ0) is 13.8. The number of morpholine rings is 1. The molecule has 2 fully saturated rings. The average molecular weight is 270 g/mol. The van der Waals surface area contributed by atoms with Gasteiger partial charge in [0, 0.05) is 26.1 Å². The predicted molar refractivity (Wildman–Crippen MR) is 68.9 cm³/mol. The number of hydrogen-bond acceptors (Lipinski definition) is 3. The van der Waals surface area contributed by atoms with Crippen LogP contribution in [-0.4, -0.2) is 53.8 Å². The Morgan fingerprint density at radius 3 is 2.74 bits per heavy atom. The summed E-state index contributed by atoms with van der Waals surface area (Å²) in [6.07, 6.45) is 3.20. The SMILES string of the molecule is CC1CN(C(=O)NCCCC(=O)O)CC(C2CC2)O1. The van der Waals surface area contributed by atoms with E-state index < -0.39 is 5.97 Å². The Morgan fingerprint density at radius 2 is 2.11 bits per heavy atom. The number of carbonyl (C=O) groups is 2. The van der Waals surface area contributed by atoms with Gasteiger partial charge in [-0.1, -0.05) is 0 Å². The van der Waals surface area contributed by atoms with E-state index in [-0.39, 0.29) is 24.7 Å². The smallest absolute Gasteiger partial charge is 0.317 e. The van der Waals surface area contributed by atoms with Crippen molar-refractivity contribution in [3.05, 3.63) is 0 Å². The Balaban J connectivity index is 1.72. The fourth-order valence-electron chi connectivity index (χ4n) is 2.43. The van der Waals surface area contributed by atoms with Crippen LogP contribution in [0.3, 0.4) is 0 Å². The third kappa shape index (κ3) is 4.38. The second-order valence-electron chi connectivity index (χ2n) is 5.46. The molecular weight excluding hydrogens is 248 g/mol. The molecule has 1 aliphatic carbocycles. The molecule has 108 valence electrons. The molecule has 1 heterocycles. The molecule has 2 amide bonds. The highest BCUT2D eigenvalue weighted by molar-refractivity contribution is 5.74. The van der Waals surface area contributed by atoms with Gasteiger partial charge in [0.25, 0.3) is 0 Å². The number of ether oxygens (including phenoxy) is 1. The van der Waals surface area contributed by atoms with Gasteiger partial charge < -0.3 is 20.1 Å². The van der Waals surface area contributed by atoms with E-state index in [2.05, 4.69) is 5.32 Å². The first-order valence-electron chi connectivity index (χ1n) is 6.96. The number of aliphatic carboxylic acids is 1. The first-order chi connectivity index (χ1) is 9.06. The lowest BCUT2D eigenvalue weighted by molar-refractivity contribution is -0.137. The normalized spacial score (nSPS) is 27.1. The molecular formula is C13H22N2O4. The van der Waals surface area contributed by atoms with Gasteiger partial charge in [-0.3, -0.25) is 4.79 Å². The zero-order valence-corrected chi connectivity index (χ0v) is 11.3. The van der Waals surface area contributed by atoms with Crippen molar-refractivity contribution in [1.82, 2.24) is 10.2 Å². The van der Waals surface area contributed by atoms with Gasteiger partial charge in [-0.15, -0.1) is 0 Å². The van der Waals surface area contributed by atoms with E-state index in [0.29, 0.717) is 32.0 Å². The summed E-state index contributed by atoms with van der Waals surface area (Å²) in [5.74, 6) is -0.215. The highest BCUT2D eigenvalue weighted by atomic mass is 16.5. The minimum absolute atomic E-state index is 0.0733. The number of carboxylic acids is 1. The number of carboxylic acid groups (broad SMARTS) is 1. The summed E-state index contributed by atoms with van der Waals surface area (Å²) in [4.78, 5) is 24.2. The molecule has 0 bridgehead atoms. The lowest BCUT2D eigenvalue weighted by Gasteiger charge is -2.37. The molecule has 2 rings (SSSR count). The van der Waals surface area contributed by atoms with Gasteiger partial charge in [0.05, 0.1) is 12.2 Å². The van der Waals surface area contributed by atoms with Crippen LogP contribution < -0.4 is 5.32 Å². The maximum Gasteiger partial charge on any atom is 0.317 e. The summed E-state index contributed by atoms with van der Waals surface area (Å²) in [5.41, 5.74) is 0. The Bertz CT molecular complexity index is 344. The van der Waals surface area contributed by atoms with Crippen molar-refractivity contribution in [3.8, 4) is 0 Å². The van der Waals surface area contributed by atoms with Crippen molar-refractivity contribution in [2.24, 2.45) is 5.92 Å². The van der Waals surface area contributed by atoms with Crippen LogP contribution in [0.5, 0.6) is 0 Å². The minimum Gasteiger partial charge on any atom is -0.481 e. The standard InChI is InChI=1S/C13H22N2O4/c1-9-7-15(8-11(19-9)10-4-5-10)13(18)14-6-2-3-12(16)17/h9-11H,2-8H2,1H3,(H,14,18)(H,16,17). The van der Waals surface area contributed by atoms with Gasteiger partial charge in [0.15, 0.2) is 0 Å². The van der Waals surface area contributed by atoms with E-state index in [9.17, 15) is 9.59 Å². The molecule has 2 unspecified atom stereocenters. The lowest BCUT2D eigenvalue weighted by Crippen LogP contribution is -2.53. The first kappa shape index (κ1) is 14.1. The molecule has 6 heteroatoms. The van der Waals surface area contributed by atoms with E-state index >= 15 is 0 Å². The number of urea groups is 1. The highest BCUT2D eigenvalue weighted by Gasteiger charge is 2.38. The van der Waals surface area contributed by atoms with Crippen molar-refractivity contribution in [2.45, 2.75) is 44.8 Å². The number of hydrogen-bond donors (Lipinski definition) is 2. The number of rotatable bonds is 5. The fourth-order valence-corrected chi connectivity index (χ4v) is 2.43. The summed E-state index contributed by atoms with van der Waals surface area (Å²) in [7, 11) is 0. The van der Waals surface area contributed by atoms with E-state index in [1.54, 1.807) is 4.90 Å². The number of nitrogens with one attached hydrogen (secondary N) is 1. The van der Waals surface area contributed by atoms with Crippen LogP contribution >= 0.6 is 0 Å². The van der Waals surface area contributed by atoms with Gasteiger partial charge in [0.2, 0.25) is 0 Å². The Labute approximate surface area is 113 Å².